The maximum Gasteiger partial charge on any atom is 0.261 e. The summed E-state index contributed by atoms with van der Waals surface area (Å²) in [6, 6.07) is 18.4. The van der Waals surface area contributed by atoms with Crippen LogP contribution in [-0.2, 0) is 16.4 Å². The first-order valence-corrected chi connectivity index (χ1v) is 10.7. The van der Waals surface area contributed by atoms with Crippen molar-refractivity contribution in [3.05, 3.63) is 89.7 Å². The van der Waals surface area contributed by atoms with E-state index in [-0.39, 0.29) is 23.2 Å². The van der Waals surface area contributed by atoms with Gasteiger partial charge in [-0.3, -0.25) is 9.52 Å². The summed E-state index contributed by atoms with van der Waals surface area (Å²) in [5.74, 6) is -0.0626. The van der Waals surface area contributed by atoms with E-state index in [4.69, 9.17) is 4.74 Å². The van der Waals surface area contributed by atoms with Crippen molar-refractivity contribution >= 4 is 21.6 Å². The van der Waals surface area contributed by atoms with Crippen molar-refractivity contribution in [1.29, 1.82) is 0 Å². The van der Waals surface area contributed by atoms with Crippen molar-refractivity contribution in [2.45, 2.75) is 11.3 Å². The predicted octanol–water partition coefficient (Wildman–Crippen LogP) is 3.61. The van der Waals surface area contributed by atoms with E-state index in [0.29, 0.717) is 29.0 Å². The van der Waals surface area contributed by atoms with Crippen molar-refractivity contribution in [2.75, 3.05) is 18.4 Å². The van der Waals surface area contributed by atoms with Crippen LogP contribution in [0.1, 0.15) is 15.9 Å². The van der Waals surface area contributed by atoms with Gasteiger partial charge in [-0.1, -0.05) is 18.2 Å². The lowest BCUT2D eigenvalue weighted by Gasteiger charge is -2.10. The van der Waals surface area contributed by atoms with Crippen LogP contribution in [0.3, 0.4) is 0 Å². The molecule has 0 bridgehead atoms. The monoisotopic (exact) mass is 428 g/mol. The molecule has 0 spiro atoms. The minimum atomic E-state index is -3.80. The van der Waals surface area contributed by atoms with E-state index in [0.717, 1.165) is 0 Å². The smallest absolute Gasteiger partial charge is 0.261 e. The lowest BCUT2D eigenvalue weighted by atomic mass is 10.1. The normalized spacial score (nSPS) is 11.0. The highest BCUT2D eigenvalue weighted by Gasteiger charge is 2.15. The molecule has 0 aliphatic carbocycles. The number of ether oxygens (including phenoxy) is 1. The van der Waals surface area contributed by atoms with Gasteiger partial charge in [0, 0.05) is 17.8 Å². The number of hydrogen-bond donors (Lipinski definition) is 2. The fourth-order valence-electron chi connectivity index (χ4n) is 2.77. The molecule has 2 N–H and O–H groups in total. The quantitative estimate of drug-likeness (QED) is 0.574. The van der Waals surface area contributed by atoms with Crippen molar-refractivity contribution < 1.29 is 22.3 Å². The number of sulfonamides is 1. The van der Waals surface area contributed by atoms with E-state index in [9.17, 15) is 17.6 Å². The molecule has 0 saturated heterocycles. The molecule has 8 heteroatoms. The van der Waals surface area contributed by atoms with Gasteiger partial charge in [0.05, 0.1) is 12.0 Å². The van der Waals surface area contributed by atoms with Gasteiger partial charge >= 0.3 is 0 Å². The van der Waals surface area contributed by atoms with Crippen LogP contribution in [-0.4, -0.2) is 28.0 Å². The summed E-state index contributed by atoms with van der Waals surface area (Å²) in [5, 5.41) is 2.70. The first-order valence-electron chi connectivity index (χ1n) is 9.17. The number of nitrogens with one attached hydrogen (secondary N) is 2. The molecule has 3 rings (SSSR count). The molecule has 0 aromatic heterocycles. The van der Waals surface area contributed by atoms with Gasteiger partial charge in [0.25, 0.3) is 15.9 Å². The van der Waals surface area contributed by atoms with E-state index in [1.165, 1.54) is 37.4 Å². The largest absolute Gasteiger partial charge is 0.497 e. The third-order valence-corrected chi connectivity index (χ3v) is 5.80. The van der Waals surface area contributed by atoms with Gasteiger partial charge in [-0.2, -0.15) is 0 Å². The van der Waals surface area contributed by atoms with Crippen LogP contribution in [0, 0.1) is 5.82 Å². The molecule has 156 valence electrons. The van der Waals surface area contributed by atoms with E-state index in [2.05, 4.69) is 10.0 Å². The highest BCUT2D eigenvalue weighted by atomic mass is 32.2. The number of amides is 1. The number of methoxy groups -OCH3 is 1. The van der Waals surface area contributed by atoms with Crippen LogP contribution in [0.4, 0.5) is 10.1 Å². The molecular formula is C22H21FN2O4S. The maximum atomic E-state index is 13.6. The Kier molecular flexibility index (Phi) is 6.68. The summed E-state index contributed by atoms with van der Waals surface area (Å²) < 4.78 is 46.2. The van der Waals surface area contributed by atoms with Crippen LogP contribution in [0.2, 0.25) is 0 Å². The summed E-state index contributed by atoms with van der Waals surface area (Å²) in [6.45, 7) is 0.263. The highest BCUT2D eigenvalue weighted by Crippen LogP contribution is 2.19. The van der Waals surface area contributed by atoms with Gasteiger partial charge in [-0.05, 0) is 66.6 Å². The topological polar surface area (TPSA) is 84.5 Å². The Bertz CT molecular complexity index is 1110. The molecule has 3 aromatic carbocycles. The minimum Gasteiger partial charge on any atom is -0.497 e. The number of hydrogen-bond acceptors (Lipinski definition) is 4. The van der Waals surface area contributed by atoms with Gasteiger partial charge in [0.1, 0.15) is 11.6 Å². The molecule has 0 unspecified atom stereocenters. The molecular weight excluding hydrogens is 407 g/mol. The zero-order valence-corrected chi connectivity index (χ0v) is 17.1. The molecule has 0 radical (unpaired) electrons. The first-order chi connectivity index (χ1) is 14.4. The number of anilines is 1. The fourth-order valence-corrected chi connectivity index (χ4v) is 3.83. The average molecular weight is 428 g/mol. The Hall–Kier alpha value is -3.39. The van der Waals surface area contributed by atoms with Crippen LogP contribution < -0.4 is 14.8 Å². The molecule has 0 heterocycles. The molecule has 6 nitrogen and oxygen atoms in total. The second-order valence-corrected chi connectivity index (χ2v) is 8.14. The van der Waals surface area contributed by atoms with Crippen molar-refractivity contribution in [2.24, 2.45) is 0 Å². The van der Waals surface area contributed by atoms with Crippen molar-refractivity contribution in [3.63, 3.8) is 0 Å². The van der Waals surface area contributed by atoms with Crippen molar-refractivity contribution in [3.8, 4) is 5.75 Å². The zero-order chi connectivity index (χ0) is 21.6. The van der Waals surface area contributed by atoms with Gasteiger partial charge in [0.15, 0.2) is 0 Å². The fraction of sp³-hybridized carbons (Fsp3) is 0.136. The summed E-state index contributed by atoms with van der Waals surface area (Å²) in [7, 11) is -2.27. The molecule has 0 atom stereocenters. The van der Waals surface area contributed by atoms with E-state index >= 15 is 0 Å². The van der Waals surface area contributed by atoms with E-state index in [1.807, 2.05) is 0 Å². The Labute approximate surface area is 174 Å². The summed E-state index contributed by atoms with van der Waals surface area (Å²) >= 11 is 0. The SMILES string of the molecule is COc1ccc(NS(=O)(=O)c2ccc(C(=O)NCCc3ccccc3F)cc2)cc1. The van der Waals surface area contributed by atoms with Crippen LogP contribution >= 0.6 is 0 Å². The molecule has 0 aliphatic rings. The summed E-state index contributed by atoms with van der Waals surface area (Å²) in [4.78, 5) is 12.3. The predicted molar refractivity (Wildman–Crippen MR) is 113 cm³/mol. The number of carbonyl (C=O) groups excluding carboxylic acids is 1. The lowest BCUT2D eigenvalue weighted by molar-refractivity contribution is 0.0954. The Morgan fingerprint density at radius 2 is 1.63 bits per heavy atom. The lowest BCUT2D eigenvalue weighted by Crippen LogP contribution is -2.26. The Balaban J connectivity index is 1.60. The zero-order valence-electron chi connectivity index (χ0n) is 16.3. The minimum absolute atomic E-state index is 0.0289. The van der Waals surface area contributed by atoms with Gasteiger partial charge < -0.3 is 10.1 Å². The molecule has 1 amide bonds. The highest BCUT2D eigenvalue weighted by molar-refractivity contribution is 7.92. The number of benzene rings is 3. The Morgan fingerprint density at radius 3 is 2.27 bits per heavy atom. The third kappa shape index (κ3) is 5.36. The summed E-state index contributed by atoms with van der Waals surface area (Å²) in [6.07, 6.45) is 0.358. The Morgan fingerprint density at radius 1 is 0.967 bits per heavy atom. The molecule has 0 fully saturated rings. The maximum absolute atomic E-state index is 13.6. The molecule has 30 heavy (non-hydrogen) atoms. The second kappa shape index (κ2) is 9.41. The van der Waals surface area contributed by atoms with Crippen molar-refractivity contribution in [1.82, 2.24) is 5.32 Å². The van der Waals surface area contributed by atoms with E-state index in [1.54, 1.807) is 42.5 Å². The molecule has 0 saturated carbocycles. The van der Waals surface area contributed by atoms with Crippen LogP contribution in [0.15, 0.2) is 77.7 Å². The number of rotatable bonds is 8. The van der Waals surface area contributed by atoms with Crippen LogP contribution in [0.25, 0.3) is 0 Å². The molecule has 3 aromatic rings. The van der Waals surface area contributed by atoms with Gasteiger partial charge in [0.2, 0.25) is 0 Å². The number of carbonyl (C=O) groups is 1. The van der Waals surface area contributed by atoms with E-state index < -0.39 is 10.0 Å². The van der Waals surface area contributed by atoms with Gasteiger partial charge in [-0.15, -0.1) is 0 Å². The number of halogens is 1. The second-order valence-electron chi connectivity index (χ2n) is 6.46. The average Bonchev–Trinajstić information content (AvgIpc) is 2.75. The van der Waals surface area contributed by atoms with Gasteiger partial charge in [-0.25, -0.2) is 12.8 Å². The third-order valence-electron chi connectivity index (χ3n) is 4.41. The standard InChI is InChI=1S/C22H21FN2O4S/c1-29-19-10-8-18(9-11-19)25-30(27,28)20-12-6-17(7-13-20)22(26)24-15-14-16-4-2-3-5-21(16)23/h2-13,25H,14-15H2,1H3,(H,24,26). The summed E-state index contributed by atoms with van der Waals surface area (Å²) in [5.41, 5.74) is 1.22. The molecule has 0 aliphatic heterocycles. The first kappa shape index (κ1) is 21.3. The van der Waals surface area contributed by atoms with Crippen LogP contribution in [0.5, 0.6) is 5.75 Å².